The standard InChI is InChI=1S/C26H34F6N4O5/c1-24(2,22(38)39)41-19-11-6-10-18(17-19)9-4-3-5-14-33-20-21(37)35(15-7-12-25(27,28)29)23(40)36(34-20)16-8-13-26(30,31)32/h6,10-11,17H,3-5,7-9,12-16H2,1-2H3,(H,33,34)(H,38,39)/p-1. The lowest BCUT2D eigenvalue weighted by Crippen LogP contribution is -2.47. The number of carboxylic acid groups (broad SMARTS) is 1. The van der Waals surface area contributed by atoms with Gasteiger partial charge in [0.2, 0.25) is 5.82 Å². The van der Waals surface area contributed by atoms with Gasteiger partial charge in [0.1, 0.15) is 11.4 Å². The molecule has 0 saturated heterocycles. The van der Waals surface area contributed by atoms with Gasteiger partial charge in [-0.25, -0.2) is 9.48 Å². The Balaban J connectivity index is 1.99. The predicted octanol–water partition coefficient (Wildman–Crippen LogP) is 3.82. The molecular weight excluding hydrogens is 562 g/mol. The Bertz CT molecular complexity index is 1270. The molecule has 0 aliphatic rings. The molecule has 0 aliphatic heterocycles. The number of halogens is 6. The fraction of sp³-hybridized carbons (Fsp3) is 0.615. The zero-order chi connectivity index (χ0) is 30.8. The quantitative estimate of drug-likeness (QED) is 0.232. The van der Waals surface area contributed by atoms with Crippen molar-refractivity contribution in [2.45, 2.75) is 96.3 Å². The van der Waals surface area contributed by atoms with E-state index in [0.29, 0.717) is 40.7 Å². The van der Waals surface area contributed by atoms with Crippen LogP contribution in [0, 0.1) is 0 Å². The van der Waals surface area contributed by atoms with Gasteiger partial charge in [-0.1, -0.05) is 18.6 Å². The minimum Gasteiger partial charge on any atom is -0.546 e. The minimum absolute atomic E-state index is 0.217. The molecule has 0 radical (unpaired) electrons. The highest BCUT2D eigenvalue weighted by atomic mass is 19.4. The van der Waals surface area contributed by atoms with Crippen LogP contribution in [-0.4, -0.2) is 44.8 Å². The Labute approximate surface area is 232 Å². The highest BCUT2D eigenvalue weighted by Gasteiger charge is 2.28. The van der Waals surface area contributed by atoms with Crippen LogP contribution in [0.15, 0.2) is 33.9 Å². The number of carbonyl (C=O) groups excluding carboxylic acids is 1. The Morgan fingerprint density at radius 3 is 2.20 bits per heavy atom. The van der Waals surface area contributed by atoms with Gasteiger partial charge < -0.3 is 20.0 Å². The van der Waals surface area contributed by atoms with Gasteiger partial charge in [0.05, 0.1) is 5.97 Å². The second kappa shape index (κ2) is 14.4. The summed E-state index contributed by atoms with van der Waals surface area (Å²) in [5.74, 6) is -1.31. The number of hydrogen-bond donors (Lipinski definition) is 1. The van der Waals surface area contributed by atoms with Crippen LogP contribution in [0.4, 0.5) is 32.2 Å². The average molecular weight is 596 g/mol. The number of alkyl halides is 6. The molecule has 0 saturated carbocycles. The van der Waals surface area contributed by atoms with Crippen LogP contribution in [0.1, 0.15) is 64.4 Å². The summed E-state index contributed by atoms with van der Waals surface area (Å²) >= 11 is 0. The molecule has 1 aromatic carbocycles. The van der Waals surface area contributed by atoms with Crippen LogP contribution in [0.25, 0.3) is 0 Å². The molecule has 2 rings (SSSR count). The summed E-state index contributed by atoms with van der Waals surface area (Å²) in [6.07, 6.45) is -9.88. The summed E-state index contributed by atoms with van der Waals surface area (Å²) in [6.45, 7) is 1.95. The van der Waals surface area contributed by atoms with E-state index < -0.39 is 73.9 Å². The number of aryl methyl sites for hydroxylation is 2. The number of anilines is 1. The number of benzene rings is 1. The second-order valence-corrected chi connectivity index (χ2v) is 10.0. The Morgan fingerprint density at radius 2 is 1.59 bits per heavy atom. The van der Waals surface area contributed by atoms with E-state index in [-0.39, 0.29) is 12.4 Å². The molecule has 9 nitrogen and oxygen atoms in total. The van der Waals surface area contributed by atoms with E-state index in [1.807, 2.05) is 6.07 Å². The molecule has 1 aromatic heterocycles. The molecule has 0 spiro atoms. The molecule has 0 bridgehead atoms. The summed E-state index contributed by atoms with van der Waals surface area (Å²) in [6, 6.07) is 6.93. The summed E-state index contributed by atoms with van der Waals surface area (Å²) in [5.41, 5.74) is -2.62. The first kappa shape index (κ1) is 33.7. The number of carbonyl (C=O) groups is 1. The van der Waals surface area contributed by atoms with Gasteiger partial charge in [-0.3, -0.25) is 9.36 Å². The van der Waals surface area contributed by atoms with Crippen LogP contribution in [0.2, 0.25) is 0 Å². The van der Waals surface area contributed by atoms with Gasteiger partial charge in [-0.05, 0) is 63.6 Å². The first-order valence-electron chi connectivity index (χ1n) is 13.1. The van der Waals surface area contributed by atoms with Crippen molar-refractivity contribution in [3.05, 3.63) is 50.7 Å². The summed E-state index contributed by atoms with van der Waals surface area (Å²) in [5, 5.41) is 17.7. The first-order chi connectivity index (χ1) is 19.0. The van der Waals surface area contributed by atoms with Crippen LogP contribution in [0.3, 0.4) is 0 Å². The van der Waals surface area contributed by atoms with Crippen LogP contribution >= 0.6 is 0 Å². The van der Waals surface area contributed by atoms with Crippen molar-refractivity contribution in [3.8, 4) is 5.75 Å². The lowest BCUT2D eigenvalue weighted by molar-refractivity contribution is -0.320. The predicted molar refractivity (Wildman–Crippen MR) is 136 cm³/mol. The van der Waals surface area contributed by atoms with Crippen molar-refractivity contribution in [1.82, 2.24) is 14.3 Å². The number of nitrogens with one attached hydrogen (secondary N) is 1. The van der Waals surface area contributed by atoms with Crippen molar-refractivity contribution in [2.75, 3.05) is 11.9 Å². The number of nitrogens with zero attached hydrogens (tertiary/aromatic N) is 3. The fourth-order valence-electron chi connectivity index (χ4n) is 3.82. The molecule has 0 fully saturated rings. The number of unbranched alkanes of at least 4 members (excludes halogenated alkanes) is 2. The van der Waals surface area contributed by atoms with Crippen LogP contribution < -0.4 is 26.4 Å². The maximum atomic E-state index is 12.7. The molecule has 15 heteroatoms. The van der Waals surface area contributed by atoms with Crippen molar-refractivity contribution in [2.24, 2.45) is 0 Å². The van der Waals surface area contributed by atoms with Gasteiger partial charge in [0, 0.05) is 32.5 Å². The third kappa shape index (κ3) is 11.9. The van der Waals surface area contributed by atoms with E-state index in [1.54, 1.807) is 18.2 Å². The summed E-state index contributed by atoms with van der Waals surface area (Å²) < 4.78 is 82.0. The number of hydrogen-bond acceptors (Lipinski definition) is 7. The SMILES string of the molecule is CC(C)(Oc1cccc(CCCCCNc2nn(CCCC(F)(F)F)c(=O)n(CCCC(F)(F)F)c2=O)c1)C(=O)[O-]. The molecule has 1 N–H and O–H groups in total. The molecular formula is C26H33F6N4O5-. The molecule has 41 heavy (non-hydrogen) atoms. The largest absolute Gasteiger partial charge is 0.546 e. The van der Waals surface area contributed by atoms with Crippen molar-refractivity contribution < 1.29 is 41.0 Å². The fourth-order valence-corrected chi connectivity index (χ4v) is 3.82. The lowest BCUT2D eigenvalue weighted by atomic mass is 10.1. The Morgan fingerprint density at radius 1 is 0.951 bits per heavy atom. The van der Waals surface area contributed by atoms with E-state index in [4.69, 9.17) is 4.74 Å². The number of carboxylic acids is 1. The maximum absolute atomic E-state index is 12.7. The number of ether oxygens (including phenoxy) is 1. The van der Waals surface area contributed by atoms with Gasteiger partial charge >= 0.3 is 18.0 Å². The topological polar surface area (TPSA) is 118 Å². The van der Waals surface area contributed by atoms with Gasteiger partial charge in [0.25, 0.3) is 5.56 Å². The zero-order valence-electron chi connectivity index (χ0n) is 22.7. The van der Waals surface area contributed by atoms with Crippen LogP contribution in [0.5, 0.6) is 5.75 Å². The number of rotatable bonds is 16. The normalized spacial score (nSPS) is 12.4. The Kier molecular flexibility index (Phi) is 11.8. The van der Waals surface area contributed by atoms with Gasteiger partial charge in [-0.15, -0.1) is 5.10 Å². The lowest BCUT2D eigenvalue weighted by Gasteiger charge is -2.27. The van der Waals surface area contributed by atoms with Crippen molar-refractivity contribution in [3.63, 3.8) is 0 Å². The molecule has 0 aliphatic carbocycles. The van der Waals surface area contributed by atoms with E-state index in [1.165, 1.54) is 13.8 Å². The molecule has 1 heterocycles. The maximum Gasteiger partial charge on any atom is 0.389 e. The van der Waals surface area contributed by atoms with Gasteiger partial charge in [0.15, 0.2) is 0 Å². The minimum atomic E-state index is -4.50. The zero-order valence-corrected chi connectivity index (χ0v) is 22.7. The third-order valence-electron chi connectivity index (χ3n) is 5.99. The number of aromatic nitrogens is 3. The second-order valence-electron chi connectivity index (χ2n) is 10.0. The average Bonchev–Trinajstić information content (AvgIpc) is 2.84. The van der Waals surface area contributed by atoms with E-state index in [0.717, 1.165) is 5.56 Å². The highest BCUT2D eigenvalue weighted by molar-refractivity contribution is 5.74. The molecule has 0 atom stereocenters. The van der Waals surface area contributed by atoms with Crippen molar-refractivity contribution >= 4 is 11.8 Å². The van der Waals surface area contributed by atoms with Gasteiger partial charge in [-0.2, -0.15) is 26.3 Å². The summed E-state index contributed by atoms with van der Waals surface area (Å²) in [7, 11) is 0. The summed E-state index contributed by atoms with van der Waals surface area (Å²) in [4.78, 5) is 36.4. The van der Waals surface area contributed by atoms with E-state index in [2.05, 4.69) is 10.4 Å². The molecule has 2 aromatic rings. The Hall–Kier alpha value is -3.52. The van der Waals surface area contributed by atoms with E-state index in [9.17, 15) is 45.8 Å². The third-order valence-corrected chi connectivity index (χ3v) is 5.99. The molecule has 0 amide bonds. The molecule has 0 unspecified atom stereocenters. The monoisotopic (exact) mass is 595 g/mol. The highest BCUT2D eigenvalue weighted by Crippen LogP contribution is 2.23. The van der Waals surface area contributed by atoms with Crippen LogP contribution in [-0.2, 0) is 24.3 Å². The number of aliphatic carboxylic acids is 1. The smallest absolute Gasteiger partial charge is 0.389 e. The van der Waals surface area contributed by atoms with Crippen molar-refractivity contribution in [1.29, 1.82) is 0 Å². The molecule has 230 valence electrons. The van der Waals surface area contributed by atoms with E-state index >= 15 is 0 Å². The first-order valence-corrected chi connectivity index (χ1v) is 13.1.